The summed E-state index contributed by atoms with van der Waals surface area (Å²) in [5, 5.41) is 74.2. The molecule has 192 valence electrons. The molecule has 1 aromatic carbocycles. The number of hydrogen-bond donors (Lipinski definition) is 8. The van der Waals surface area contributed by atoms with Gasteiger partial charge in [0.25, 0.3) is 0 Å². The van der Waals surface area contributed by atoms with E-state index in [4.69, 9.17) is 10.2 Å². The summed E-state index contributed by atoms with van der Waals surface area (Å²) >= 11 is 0. The van der Waals surface area contributed by atoms with Crippen molar-refractivity contribution in [2.75, 3.05) is 0 Å². The highest BCUT2D eigenvalue weighted by atomic mass is 16.6. The molecule has 0 aliphatic rings. The highest BCUT2D eigenvalue weighted by Gasteiger charge is 2.44. The number of hydrogen-bond acceptors (Lipinski definition) is 11. The number of carboxylic acids is 7. The van der Waals surface area contributed by atoms with E-state index in [0.29, 0.717) is 0 Å². The second-order valence-electron chi connectivity index (χ2n) is 6.62. The van der Waals surface area contributed by atoms with E-state index < -0.39 is 106 Å². The predicted molar refractivity (Wildman–Crippen MR) is 101 cm³/mol. The molecule has 0 aromatic heterocycles. The quantitative estimate of drug-likeness (QED) is 0.123. The lowest BCUT2D eigenvalue weighted by Gasteiger charge is -2.20. The molecule has 0 amide bonds. The van der Waals surface area contributed by atoms with Gasteiger partial charge in [-0.1, -0.05) is 0 Å². The van der Waals surface area contributed by atoms with Crippen molar-refractivity contribution in [1.29, 1.82) is 0 Å². The van der Waals surface area contributed by atoms with Crippen LogP contribution in [0.15, 0.2) is 0 Å². The smallest absolute Gasteiger partial charge is 0.347 e. The summed E-state index contributed by atoms with van der Waals surface area (Å²) in [4.78, 5) is 105. The minimum Gasteiger partial charge on any atom is -0.481 e. The fraction of sp³-hybridized carbons (Fsp3) is 0.167. The van der Waals surface area contributed by atoms with Crippen LogP contribution in [0.25, 0.3) is 0 Å². The zero-order valence-electron chi connectivity index (χ0n) is 17.1. The molecule has 1 aromatic rings. The van der Waals surface area contributed by atoms with Crippen molar-refractivity contribution in [3.63, 3.8) is 0 Å². The van der Waals surface area contributed by atoms with E-state index in [1.54, 1.807) is 0 Å². The zero-order valence-corrected chi connectivity index (χ0v) is 17.1. The standard InChI is InChI=1S/C18H12O18/c19-3(20)1-18(35,17(33)34)2-4(21)36-16(32)10-8(14(28)29)6(12(24)25)5(11(22)23)7(13(26)27)9(10)15(30)31/h35H,1-2H2,(H,19,20)(H,22,23)(H,24,25)(H,26,27)(H,28,29)(H,30,31)(H,33,34). The maximum Gasteiger partial charge on any atom is 0.347 e. The van der Waals surface area contributed by atoms with Gasteiger partial charge in [-0.3, -0.25) is 9.59 Å². The number of benzene rings is 1. The summed E-state index contributed by atoms with van der Waals surface area (Å²) in [5.41, 5.74) is -14.8. The van der Waals surface area contributed by atoms with Crippen LogP contribution < -0.4 is 0 Å². The van der Waals surface area contributed by atoms with E-state index in [-0.39, 0.29) is 0 Å². The van der Waals surface area contributed by atoms with Crippen molar-refractivity contribution in [2.24, 2.45) is 0 Å². The second-order valence-corrected chi connectivity index (χ2v) is 6.62. The molecule has 0 spiro atoms. The lowest BCUT2D eigenvalue weighted by atomic mass is 9.86. The van der Waals surface area contributed by atoms with Crippen molar-refractivity contribution >= 4 is 53.7 Å². The van der Waals surface area contributed by atoms with Gasteiger partial charge in [-0.25, -0.2) is 33.6 Å². The van der Waals surface area contributed by atoms with Gasteiger partial charge in [0.05, 0.1) is 46.2 Å². The number of carboxylic acid groups (broad SMARTS) is 7. The van der Waals surface area contributed by atoms with Crippen LogP contribution in [0.3, 0.4) is 0 Å². The Morgan fingerprint density at radius 1 is 0.528 bits per heavy atom. The van der Waals surface area contributed by atoms with Gasteiger partial charge in [-0.2, -0.15) is 0 Å². The third-order valence-corrected chi connectivity index (χ3v) is 4.26. The summed E-state index contributed by atoms with van der Waals surface area (Å²) in [5.74, 6) is -21.0. The van der Waals surface area contributed by atoms with Crippen LogP contribution in [0.5, 0.6) is 0 Å². The first-order valence-electron chi connectivity index (χ1n) is 8.70. The Labute approximate surface area is 195 Å². The molecule has 0 saturated carbocycles. The number of ether oxygens (including phenoxy) is 1. The van der Waals surface area contributed by atoms with Gasteiger partial charge in [0.15, 0.2) is 5.60 Å². The summed E-state index contributed by atoms with van der Waals surface area (Å²) in [6, 6.07) is 0. The maximum absolute atomic E-state index is 12.6. The third kappa shape index (κ3) is 5.56. The van der Waals surface area contributed by atoms with Crippen molar-refractivity contribution in [3.05, 3.63) is 33.4 Å². The van der Waals surface area contributed by atoms with Crippen LogP contribution in [-0.4, -0.2) is 100 Å². The number of carbonyl (C=O) groups is 9. The molecule has 0 fully saturated rings. The molecular formula is C18H12O18. The molecule has 18 nitrogen and oxygen atoms in total. The summed E-state index contributed by atoms with van der Waals surface area (Å²) < 4.78 is 4.06. The van der Waals surface area contributed by atoms with Gasteiger partial charge >= 0.3 is 53.7 Å². The Balaban J connectivity index is 3.97. The molecule has 36 heavy (non-hydrogen) atoms. The third-order valence-electron chi connectivity index (χ3n) is 4.26. The summed E-state index contributed by atoms with van der Waals surface area (Å²) in [6.07, 6.45) is -3.41. The van der Waals surface area contributed by atoms with E-state index in [9.17, 15) is 73.8 Å². The SMILES string of the molecule is O=C(O)CC(O)(CC(=O)OC(=O)c1c(C(=O)O)c(C(=O)O)c(C(=O)O)c(C(=O)O)c1C(=O)O)C(=O)O. The van der Waals surface area contributed by atoms with E-state index in [2.05, 4.69) is 4.74 Å². The summed E-state index contributed by atoms with van der Waals surface area (Å²) in [7, 11) is 0. The Bertz CT molecular complexity index is 1200. The van der Waals surface area contributed by atoms with Crippen molar-refractivity contribution in [2.45, 2.75) is 18.4 Å². The van der Waals surface area contributed by atoms with Gasteiger partial charge in [0, 0.05) is 0 Å². The van der Waals surface area contributed by atoms with E-state index in [1.807, 2.05) is 0 Å². The van der Waals surface area contributed by atoms with Gasteiger partial charge < -0.3 is 45.6 Å². The molecule has 1 unspecified atom stereocenters. The first-order chi connectivity index (χ1) is 16.4. The van der Waals surface area contributed by atoms with Crippen molar-refractivity contribution in [3.8, 4) is 0 Å². The van der Waals surface area contributed by atoms with Gasteiger partial charge in [0.2, 0.25) is 0 Å². The van der Waals surface area contributed by atoms with Crippen LogP contribution in [0.1, 0.15) is 75.0 Å². The maximum atomic E-state index is 12.6. The van der Waals surface area contributed by atoms with Crippen LogP contribution >= 0.6 is 0 Å². The number of carbonyl (C=O) groups excluding carboxylic acids is 2. The van der Waals surface area contributed by atoms with Crippen LogP contribution in [0.2, 0.25) is 0 Å². The molecule has 1 rings (SSSR count). The first kappa shape index (κ1) is 28.6. The Kier molecular flexibility index (Phi) is 8.16. The second kappa shape index (κ2) is 10.3. The summed E-state index contributed by atoms with van der Waals surface area (Å²) in [6.45, 7) is 0. The number of esters is 2. The number of aromatic carboxylic acids is 5. The molecule has 8 N–H and O–H groups in total. The molecule has 1 atom stereocenters. The average molecular weight is 516 g/mol. The number of rotatable bonds is 11. The molecule has 0 heterocycles. The lowest BCUT2D eigenvalue weighted by molar-refractivity contribution is -0.170. The fourth-order valence-electron chi connectivity index (χ4n) is 2.92. The number of aliphatic carboxylic acids is 2. The molecular weight excluding hydrogens is 504 g/mol. The molecule has 0 aliphatic heterocycles. The number of aliphatic hydroxyl groups is 1. The fourth-order valence-corrected chi connectivity index (χ4v) is 2.92. The van der Waals surface area contributed by atoms with Gasteiger partial charge in [0.1, 0.15) is 0 Å². The van der Waals surface area contributed by atoms with Crippen molar-refractivity contribution < 1.29 is 88.7 Å². The molecule has 18 heteroatoms. The Morgan fingerprint density at radius 3 is 1.08 bits per heavy atom. The highest BCUT2D eigenvalue weighted by Crippen LogP contribution is 2.31. The Morgan fingerprint density at radius 2 is 0.833 bits per heavy atom. The van der Waals surface area contributed by atoms with Crippen LogP contribution in [0, 0.1) is 0 Å². The normalized spacial score (nSPS) is 12.0. The minimum atomic E-state index is -3.39. The minimum absolute atomic E-state index is 1.62. The van der Waals surface area contributed by atoms with E-state index in [0.717, 1.165) is 0 Å². The van der Waals surface area contributed by atoms with E-state index in [1.165, 1.54) is 0 Å². The largest absolute Gasteiger partial charge is 0.481 e. The molecule has 0 saturated heterocycles. The topological polar surface area (TPSA) is 325 Å². The van der Waals surface area contributed by atoms with Gasteiger partial charge in [-0.05, 0) is 0 Å². The van der Waals surface area contributed by atoms with Crippen LogP contribution in [0.4, 0.5) is 0 Å². The van der Waals surface area contributed by atoms with Crippen LogP contribution in [-0.2, 0) is 19.1 Å². The monoisotopic (exact) mass is 516 g/mol. The predicted octanol–water partition coefficient (Wildman–Crippen LogP) is -1.46. The van der Waals surface area contributed by atoms with Gasteiger partial charge in [-0.15, -0.1) is 0 Å². The average Bonchev–Trinajstić information content (AvgIpc) is 2.69. The molecule has 0 aliphatic carbocycles. The zero-order chi connectivity index (χ0) is 28.3. The Hall–Kier alpha value is -5.39. The molecule has 0 bridgehead atoms. The molecule has 0 radical (unpaired) electrons. The van der Waals surface area contributed by atoms with E-state index >= 15 is 0 Å². The lowest BCUT2D eigenvalue weighted by Crippen LogP contribution is -2.43. The van der Waals surface area contributed by atoms with Crippen molar-refractivity contribution in [1.82, 2.24) is 0 Å². The first-order valence-corrected chi connectivity index (χ1v) is 8.70. The highest BCUT2D eigenvalue weighted by molar-refractivity contribution is 6.23.